The fourth-order valence-corrected chi connectivity index (χ4v) is 4.86. The highest BCUT2D eigenvalue weighted by Gasteiger charge is 2.13. The van der Waals surface area contributed by atoms with Gasteiger partial charge in [0.05, 0.1) is 17.6 Å². The smallest absolute Gasteiger partial charge is 0.305 e. The number of anilines is 3. The van der Waals surface area contributed by atoms with E-state index in [-0.39, 0.29) is 18.4 Å². The van der Waals surface area contributed by atoms with Crippen molar-refractivity contribution in [3.05, 3.63) is 95.5 Å². The molecule has 0 atom stereocenters. The lowest BCUT2D eigenvalue weighted by molar-refractivity contribution is -0.140. The Morgan fingerprint density at radius 2 is 1.91 bits per heavy atom. The summed E-state index contributed by atoms with van der Waals surface area (Å²) in [5, 5.41) is 4.57. The van der Waals surface area contributed by atoms with E-state index in [4.69, 9.17) is 25.5 Å². The first kappa shape index (κ1) is 29.8. The predicted molar refractivity (Wildman–Crippen MR) is 166 cm³/mol. The second-order valence-corrected chi connectivity index (χ2v) is 10.5. The summed E-state index contributed by atoms with van der Waals surface area (Å²) in [5.41, 5.74) is 3.10. The fraction of sp³-hybridized carbons (Fsp3) is 0.242. The van der Waals surface area contributed by atoms with Gasteiger partial charge in [-0.2, -0.15) is 0 Å². The molecule has 0 fully saturated rings. The van der Waals surface area contributed by atoms with Gasteiger partial charge >= 0.3 is 5.97 Å². The third-order valence-electron chi connectivity index (χ3n) is 6.97. The van der Waals surface area contributed by atoms with Gasteiger partial charge in [0.25, 0.3) is 0 Å². The van der Waals surface area contributed by atoms with Crippen LogP contribution in [0, 0.1) is 5.82 Å². The van der Waals surface area contributed by atoms with E-state index >= 15 is 0 Å². The van der Waals surface area contributed by atoms with Crippen LogP contribution in [0.15, 0.2) is 83.5 Å². The van der Waals surface area contributed by atoms with Crippen molar-refractivity contribution in [2.75, 3.05) is 30.9 Å². The van der Waals surface area contributed by atoms with Gasteiger partial charge in [0.1, 0.15) is 36.1 Å². The average molecular weight is 603 g/mol. The van der Waals surface area contributed by atoms with Crippen LogP contribution in [-0.2, 0) is 16.1 Å². The molecule has 10 heteroatoms. The van der Waals surface area contributed by atoms with E-state index in [1.807, 2.05) is 43.4 Å². The number of hydrogen-bond acceptors (Lipinski definition) is 8. The highest BCUT2D eigenvalue weighted by Crippen LogP contribution is 2.33. The minimum atomic E-state index is -0.313. The normalized spacial score (nSPS) is 11.0. The van der Waals surface area contributed by atoms with Crippen LogP contribution in [0.2, 0.25) is 5.02 Å². The van der Waals surface area contributed by atoms with Crippen LogP contribution in [0.25, 0.3) is 22.2 Å². The van der Waals surface area contributed by atoms with Crippen molar-refractivity contribution < 1.29 is 23.1 Å². The lowest BCUT2D eigenvalue weighted by Gasteiger charge is -2.15. The first-order valence-corrected chi connectivity index (χ1v) is 14.3. The van der Waals surface area contributed by atoms with E-state index in [2.05, 4.69) is 20.2 Å². The Balaban J connectivity index is 1.25. The first-order chi connectivity index (χ1) is 20.9. The molecular weight excluding hydrogens is 571 g/mol. The summed E-state index contributed by atoms with van der Waals surface area (Å²) in [6.07, 6.45) is 4.63. The molecule has 0 bridgehead atoms. The molecule has 5 aromatic rings. The molecule has 0 aliphatic rings. The molecule has 0 spiro atoms. The Bertz CT molecular complexity index is 1710. The number of methoxy groups -OCH3 is 1. The Morgan fingerprint density at radius 3 is 2.72 bits per heavy atom. The number of nitrogens with zero attached hydrogens (tertiary/aromatic N) is 3. The second-order valence-electron chi connectivity index (χ2n) is 10.1. The summed E-state index contributed by atoms with van der Waals surface area (Å²) < 4.78 is 30.1. The number of esters is 1. The number of aromatic nitrogens is 2. The topological polar surface area (TPSA) is 89.7 Å². The van der Waals surface area contributed by atoms with Gasteiger partial charge in [-0.05, 0) is 73.0 Å². The number of furan rings is 1. The fourth-order valence-electron chi connectivity index (χ4n) is 4.63. The summed E-state index contributed by atoms with van der Waals surface area (Å²) in [6, 6.07) is 21.4. The molecule has 5 rings (SSSR count). The molecule has 222 valence electrons. The number of halogens is 2. The molecule has 2 aromatic heterocycles. The maximum atomic E-state index is 13.5. The maximum Gasteiger partial charge on any atom is 0.305 e. The standard InChI is InChI=1S/C33H32ClFN4O4/c1-39(16-5-3-4-9-32(40)41-2)31-15-14-29(43-31)23-10-12-28-26(18-23)33(37-21-36-28)38-25-11-13-30(27(34)19-25)42-20-22-7-6-8-24(35)17-22/h6-8,10-15,17-19,21H,3-5,9,16,20H2,1-2H3,(H,36,37,38). The zero-order valence-electron chi connectivity index (χ0n) is 24.0. The summed E-state index contributed by atoms with van der Waals surface area (Å²) in [5.74, 6) is 2.12. The summed E-state index contributed by atoms with van der Waals surface area (Å²) in [6.45, 7) is 1.01. The quantitative estimate of drug-likeness (QED) is 0.107. The van der Waals surface area contributed by atoms with Gasteiger partial charge in [-0.15, -0.1) is 0 Å². The monoisotopic (exact) mass is 602 g/mol. The number of hydrogen-bond donors (Lipinski definition) is 1. The molecule has 0 saturated carbocycles. The molecular formula is C33H32ClFN4O4. The Morgan fingerprint density at radius 1 is 1.02 bits per heavy atom. The predicted octanol–water partition coefficient (Wildman–Crippen LogP) is 8.17. The van der Waals surface area contributed by atoms with E-state index < -0.39 is 0 Å². The van der Waals surface area contributed by atoms with Gasteiger partial charge in [-0.25, -0.2) is 14.4 Å². The Labute approximate surface area is 254 Å². The van der Waals surface area contributed by atoms with Crippen LogP contribution >= 0.6 is 11.6 Å². The van der Waals surface area contributed by atoms with Crippen LogP contribution in [0.4, 0.5) is 21.8 Å². The number of ether oxygens (including phenoxy) is 2. The molecule has 0 radical (unpaired) electrons. The number of unbranched alkanes of at least 4 members (excludes halogenated alkanes) is 2. The molecule has 8 nitrogen and oxygen atoms in total. The van der Waals surface area contributed by atoms with E-state index in [1.165, 1.54) is 25.6 Å². The highest BCUT2D eigenvalue weighted by molar-refractivity contribution is 6.32. The molecule has 1 N–H and O–H groups in total. The van der Waals surface area contributed by atoms with Crippen molar-refractivity contribution >= 4 is 45.9 Å². The van der Waals surface area contributed by atoms with E-state index in [0.29, 0.717) is 28.6 Å². The number of benzene rings is 3. The van der Waals surface area contributed by atoms with Gasteiger partial charge in [0, 0.05) is 42.7 Å². The van der Waals surface area contributed by atoms with Crippen molar-refractivity contribution in [1.29, 1.82) is 0 Å². The van der Waals surface area contributed by atoms with Crippen LogP contribution < -0.4 is 15.0 Å². The number of nitrogens with one attached hydrogen (secondary N) is 1. The summed E-state index contributed by atoms with van der Waals surface area (Å²) >= 11 is 6.50. The zero-order chi connectivity index (χ0) is 30.2. The van der Waals surface area contributed by atoms with E-state index in [0.717, 1.165) is 59.6 Å². The number of fused-ring (bicyclic) bond motifs is 1. The number of carbonyl (C=O) groups is 1. The SMILES string of the molecule is COC(=O)CCCCCN(C)c1ccc(-c2ccc3ncnc(Nc4ccc(OCc5cccc(F)c5)c(Cl)c4)c3c2)o1. The Hall–Kier alpha value is -4.63. The molecule has 3 aromatic carbocycles. The van der Waals surface area contributed by atoms with Gasteiger partial charge in [-0.1, -0.05) is 30.2 Å². The highest BCUT2D eigenvalue weighted by atomic mass is 35.5. The first-order valence-electron chi connectivity index (χ1n) is 14.0. The van der Waals surface area contributed by atoms with Crippen molar-refractivity contribution in [3.8, 4) is 17.1 Å². The van der Waals surface area contributed by atoms with Crippen molar-refractivity contribution in [2.24, 2.45) is 0 Å². The number of rotatable bonds is 13. The van der Waals surface area contributed by atoms with Crippen LogP contribution in [0.3, 0.4) is 0 Å². The molecule has 0 aliphatic carbocycles. The minimum absolute atomic E-state index is 0.173. The van der Waals surface area contributed by atoms with Crippen LogP contribution in [0.5, 0.6) is 5.75 Å². The average Bonchev–Trinajstić information content (AvgIpc) is 3.51. The summed E-state index contributed by atoms with van der Waals surface area (Å²) in [4.78, 5) is 22.2. The van der Waals surface area contributed by atoms with Gasteiger partial charge < -0.3 is 24.1 Å². The minimum Gasteiger partial charge on any atom is -0.487 e. The molecule has 43 heavy (non-hydrogen) atoms. The van der Waals surface area contributed by atoms with Gasteiger partial charge in [0.15, 0.2) is 5.88 Å². The van der Waals surface area contributed by atoms with Crippen molar-refractivity contribution in [2.45, 2.75) is 32.3 Å². The molecule has 0 aliphatic heterocycles. The largest absolute Gasteiger partial charge is 0.487 e. The van der Waals surface area contributed by atoms with Crippen molar-refractivity contribution in [1.82, 2.24) is 9.97 Å². The molecule has 0 unspecified atom stereocenters. The maximum absolute atomic E-state index is 13.5. The summed E-state index contributed by atoms with van der Waals surface area (Å²) in [7, 11) is 3.40. The zero-order valence-corrected chi connectivity index (χ0v) is 24.7. The third-order valence-corrected chi connectivity index (χ3v) is 7.26. The Kier molecular flexibility index (Phi) is 9.73. The number of carbonyl (C=O) groups excluding carboxylic acids is 1. The third kappa shape index (κ3) is 7.81. The molecule has 2 heterocycles. The van der Waals surface area contributed by atoms with Gasteiger partial charge in [-0.3, -0.25) is 4.79 Å². The van der Waals surface area contributed by atoms with Gasteiger partial charge in [0.2, 0.25) is 0 Å². The lowest BCUT2D eigenvalue weighted by atomic mass is 10.1. The van der Waals surface area contributed by atoms with Crippen molar-refractivity contribution in [3.63, 3.8) is 0 Å². The molecule has 0 amide bonds. The van der Waals surface area contributed by atoms with Crippen LogP contribution in [0.1, 0.15) is 31.2 Å². The van der Waals surface area contributed by atoms with E-state index in [9.17, 15) is 9.18 Å². The van der Waals surface area contributed by atoms with E-state index in [1.54, 1.807) is 24.3 Å². The molecule has 0 saturated heterocycles. The lowest BCUT2D eigenvalue weighted by Crippen LogP contribution is -2.17. The van der Waals surface area contributed by atoms with Crippen LogP contribution in [-0.4, -0.2) is 36.6 Å². The second kappa shape index (κ2) is 14.0.